The Labute approximate surface area is 204 Å². The van der Waals surface area contributed by atoms with Gasteiger partial charge < -0.3 is 15.1 Å². The molecule has 1 atom stereocenters. The zero-order chi connectivity index (χ0) is 24.7. The van der Waals surface area contributed by atoms with Crippen LogP contribution < -0.4 is 10.6 Å². The number of fused-ring (bicyclic) bond motifs is 1. The second-order valence-corrected chi connectivity index (χ2v) is 10.6. The van der Waals surface area contributed by atoms with E-state index in [1.165, 1.54) is 18.2 Å². The predicted molar refractivity (Wildman–Crippen MR) is 125 cm³/mol. The number of hydrogen-bond acceptors (Lipinski definition) is 8. The maximum absolute atomic E-state index is 15.2. The number of hydrogen-bond donors (Lipinski definition) is 1. The van der Waals surface area contributed by atoms with Gasteiger partial charge in [-0.15, -0.1) is 10.2 Å². The quantitative estimate of drug-likeness (QED) is 0.434. The Kier molecular flexibility index (Phi) is 5.99. The normalized spacial score (nSPS) is 17.1. The number of aromatic nitrogens is 3. The first-order valence-corrected chi connectivity index (χ1v) is 12.5. The lowest BCUT2D eigenvalue weighted by Crippen LogP contribution is -2.39. The molecule has 12 heteroatoms. The number of nitrogens with two attached hydrogens (primary N) is 1. The molecule has 35 heavy (non-hydrogen) atoms. The number of benzene rings is 2. The first kappa shape index (κ1) is 23.3. The summed E-state index contributed by atoms with van der Waals surface area (Å²) in [5.74, 6) is -1.93. The van der Waals surface area contributed by atoms with Gasteiger partial charge in [0.05, 0.1) is 28.1 Å². The van der Waals surface area contributed by atoms with Gasteiger partial charge in [-0.3, -0.25) is 0 Å². The highest BCUT2D eigenvalue weighted by molar-refractivity contribution is 7.91. The van der Waals surface area contributed by atoms with Crippen molar-refractivity contribution in [3.05, 3.63) is 76.9 Å². The molecule has 0 amide bonds. The third kappa shape index (κ3) is 4.75. The second kappa shape index (κ2) is 8.99. The standard InChI is InChI=1S/C23H18ClF2N5O3S/c24-14-3-1-13(2-4-14)10-31-11-16(27)12-35(32,33)21-8-18(26)17(7-20(21)31)22-29-30-23(34-22)19-6-5-15(25)9-28-19/h1-9,16H,10-12,27H2/t16-/m1/s1. The molecule has 5 rings (SSSR count). The van der Waals surface area contributed by atoms with Crippen molar-refractivity contribution in [1.82, 2.24) is 15.2 Å². The Morgan fingerprint density at radius 1 is 1.09 bits per heavy atom. The van der Waals surface area contributed by atoms with Crippen molar-refractivity contribution >= 4 is 27.1 Å². The van der Waals surface area contributed by atoms with Gasteiger partial charge in [-0.05, 0) is 42.0 Å². The monoisotopic (exact) mass is 517 g/mol. The number of nitrogens with zero attached hydrogens (tertiary/aromatic N) is 4. The van der Waals surface area contributed by atoms with Crippen molar-refractivity contribution in [3.8, 4) is 23.0 Å². The zero-order valence-electron chi connectivity index (χ0n) is 18.0. The highest BCUT2D eigenvalue weighted by Gasteiger charge is 2.32. The molecule has 1 aliphatic heterocycles. The van der Waals surface area contributed by atoms with Crippen LogP contribution in [0.4, 0.5) is 14.5 Å². The van der Waals surface area contributed by atoms with E-state index in [2.05, 4.69) is 15.2 Å². The van der Waals surface area contributed by atoms with Crippen molar-refractivity contribution in [2.75, 3.05) is 17.2 Å². The topological polar surface area (TPSA) is 115 Å². The van der Waals surface area contributed by atoms with E-state index in [-0.39, 0.29) is 45.9 Å². The number of anilines is 1. The van der Waals surface area contributed by atoms with Gasteiger partial charge in [-0.1, -0.05) is 23.7 Å². The average molecular weight is 518 g/mol. The fraction of sp³-hybridized carbons (Fsp3) is 0.174. The summed E-state index contributed by atoms with van der Waals surface area (Å²) < 4.78 is 59.9. The second-order valence-electron chi connectivity index (χ2n) is 8.12. The summed E-state index contributed by atoms with van der Waals surface area (Å²) >= 11 is 5.98. The van der Waals surface area contributed by atoms with Crippen LogP contribution in [0.25, 0.3) is 23.0 Å². The number of sulfone groups is 1. The largest absolute Gasteiger partial charge is 0.414 e. The molecule has 0 unspecified atom stereocenters. The van der Waals surface area contributed by atoms with Crippen molar-refractivity contribution in [2.45, 2.75) is 17.5 Å². The first-order chi connectivity index (χ1) is 16.7. The van der Waals surface area contributed by atoms with Gasteiger partial charge in [0.1, 0.15) is 17.3 Å². The Bertz CT molecular complexity index is 1490. The van der Waals surface area contributed by atoms with Crippen LogP contribution in [0.5, 0.6) is 0 Å². The lowest BCUT2D eigenvalue weighted by Gasteiger charge is -2.26. The van der Waals surface area contributed by atoms with Crippen LogP contribution in [0.2, 0.25) is 5.02 Å². The average Bonchev–Trinajstić information content (AvgIpc) is 3.27. The Balaban J connectivity index is 1.59. The van der Waals surface area contributed by atoms with Crippen molar-refractivity contribution in [1.29, 1.82) is 0 Å². The van der Waals surface area contributed by atoms with Gasteiger partial charge in [-0.2, -0.15) is 0 Å². The Hall–Kier alpha value is -3.41. The smallest absolute Gasteiger partial charge is 0.266 e. The minimum Gasteiger partial charge on any atom is -0.414 e. The summed E-state index contributed by atoms with van der Waals surface area (Å²) in [5, 5.41) is 8.32. The molecule has 0 saturated carbocycles. The van der Waals surface area contributed by atoms with Crippen LogP contribution in [-0.4, -0.2) is 41.9 Å². The predicted octanol–water partition coefficient (Wildman–Crippen LogP) is 3.85. The molecule has 0 saturated heterocycles. The maximum Gasteiger partial charge on any atom is 0.266 e. The third-order valence-electron chi connectivity index (χ3n) is 5.50. The highest BCUT2D eigenvalue weighted by Crippen LogP contribution is 2.37. The Morgan fingerprint density at radius 2 is 1.83 bits per heavy atom. The van der Waals surface area contributed by atoms with E-state index in [9.17, 15) is 12.8 Å². The molecular formula is C23H18ClF2N5O3S. The minimum atomic E-state index is -3.86. The number of halogens is 3. The van der Waals surface area contributed by atoms with E-state index in [1.54, 1.807) is 17.0 Å². The van der Waals surface area contributed by atoms with Crippen molar-refractivity contribution in [2.24, 2.45) is 5.73 Å². The maximum atomic E-state index is 15.2. The zero-order valence-corrected chi connectivity index (χ0v) is 19.6. The van der Waals surface area contributed by atoms with Crippen LogP contribution in [0.3, 0.4) is 0 Å². The summed E-state index contributed by atoms with van der Waals surface area (Å²) in [5.41, 5.74) is 7.36. The van der Waals surface area contributed by atoms with Gasteiger partial charge >= 0.3 is 0 Å². The van der Waals surface area contributed by atoms with Crippen LogP contribution in [0, 0.1) is 11.6 Å². The summed E-state index contributed by atoms with van der Waals surface area (Å²) in [6.07, 6.45) is 0.991. The molecule has 3 heterocycles. The summed E-state index contributed by atoms with van der Waals surface area (Å²) in [4.78, 5) is 5.48. The first-order valence-electron chi connectivity index (χ1n) is 10.5. The van der Waals surface area contributed by atoms with E-state index >= 15 is 4.39 Å². The molecule has 2 aromatic carbocycles. The molecule has 2 N–H and O–H groups in total. The summed E-state index contributed by atoms with van der Waals surface area (Å²) in [6.45, 7) is 0.529. The fourth-order valence-electron chi connectivity index (χ4n) is 3.91. The lowest BCUT2D eigenvalue weighted by atomic mass is 10.1. The van der Waals surface area contributed by atoms with Crippen LogP contribution in [-0.2, 0) is 16.4 Å². The molecule has 4 aromatic rings. The van der Waals surface area contributed by atoms with Gasteiger partial charge in [-0.25, -0.2) is 22.2 Å². The number of rotatable bonds is 4. The van der Waals surface area contributed by atoms with Gasteiger partial charge in [0.15, 0.2) is 9.84 Å². The molecular weight excluding hydrogens is 500 g/mol. The lowest BCUT2D eigenvalue weighted by molar-refractivity contribution is 0.565. The van der Waals surface area contributed by atoms with E-state index < -0.39 is 27.5 Å². The third-order valence-corrected chi connectivity index (χ3v) is 7.62. The molecule has 0 aliphatic carbocycles. The van der Waals surface area contributed by atoms with Crippen LogP contribution >= 0.6 is 11.6 Å². The van der Waals surface area contributed by atoms with Gasteiger partial charge in [0.2, 0.25) is 0 Å². The van der Waals surface area contributed by atoms with E-state index in [0.29, 0.717) is 11.6 Å². The highest BCUT2D eigenvalue weighted by atomic mass is 35.5. The van der Waals surface area contributed by atoms with E-state index in [4.69, 9.17) is 21.8 Å². The molecule has 8 nitrogen and oxygen atoms in total. The Morgan fingerprint density at radius 3 is 2.54 bits per heavy atom. The molecule has 1 aliphatic rings. The summed E-state index contributed by atoms with van der Waals surface area (Å²) in [6, 6.07) is 11.2. The molecule has 180 valence electrons. The molecule has 0 spiro atoms. The van der Waals surface area contributed by atoms with E-state index in [0.717, 1.165) is 17.8 Å². The number of pyridine rings is 1. The van der Waals surface area contributed by atoms with Crippen LogP contribution in [0.15, 0.2) is 64.0 Å². The molecule has 0 radical (unpaired) electrons. The molecule has 2 aromatic heterocycles. The molecule has 0 bridgehead atoms. The fourth-order valence-corrected chi connectivity index (χ4v) is 5.67. The summed E-state index contributed by atoms with van der Waals surface area (Å²) in [7, 11) is -3.86. The van der Waals surface area contributed by atoms with Gasteiger partial charge in [0, 0.05) is 24.2 Å². The minimum absolute atomic E-state index is 0.0398. The van der Waals surface area contributed by atoms with Crippen molar-refractivity contribution in [3.63, 3.8) is 0 Å². The van der Waals surface area contributed by atoms with Crippen molar-refractivity contribution < 1.29 is 21.6 Å². The molecule has 0 fully saturated rings. The van der Waals surface area contributed by atoms with Crippen LogP contribution in [0.1, 0.15) is 5.56 Å². The van der Waals surface area contributed by atoms with E-state index in [1.807, 2.05) is 12.1 Å². The van der Waals surface area contributed by atoms with Gasteiger partial charge in [0.25, 0.3) is 11.8 Å². The SMILES string of the molecule is N[C@@H]1CN(Cc2ccc(Cl)cc2)c2cc(-c3nnc(-c4ccc(F)cn4)o3)c(F)cc2S(=O)(=O)C1.